The molecule has 0 spiro atoms. The molecule has 0 aromatic heterocycles. The first-order valence-electron chi connectivity index (χ1n) is 6.48. The van der Waals surface area contributed by atoms with Crippen molar-refractivity contribution in [3.05, 3.63) is 72.4 Å². The van der Waals surface area contributed by atoms with Gasteiger partial charge in [0.15, 0.2) is 0 Å². The molecule has 90 valence electrons. The topological polar surface area (TPSA) is 12.0 Å². The lowest BCUT2D eigenvalue weighted by atomic mass is 9.96. The van der Waals surface area contributed by atoms with Gasteiger partial charge in [0, 0.05) is 17.5 Å². The van der Waals surface area contributed by atoms with Crippen molar-refractivity contribution >= 4 is 33.3 Å². The molecule has 0 radical (unpaired) electrons. The van der Waals surface area contributed by atoms with E-state index >= 15 is 0 Å². The molecule has 0 atom stereocenters. The van der Waals surface area contributed by atoms with Crippen molar-refractivity contribution in [3.8, 4) is 0 Å². The number of hydrogen-bond acceptors (Lipinski definition) is 1. The minimum atomic E-state index is 1.16. The van der Waals surface area contributed by atoms with E-state index in [2.05, 4.69) is 66.0 Å². The fraction of sp³-hybridized carbons (Fsp3) is 0. The van der Waals surface area contributed by atoms with Crippen molar-refractivity contribution in [1.29, 1.82) is 0 Å². The van der Waals surface area contributed by atoms with Crippen LogP contribution < -0.4 is 5.32 Å². The van der Waals surface area contributed by atoms with E-state index in [1.807, 2.05) is 12.3 Å². The van der Waals surface area contributed by atoms with E-state index in [-0.39, 0.29) is 0 Å². The number of rotatable bonds is 0. The highest BCUT2D eigenvalue weighted by atomic mass is 14.8. The number of hydrogen-bond donors (Lipinski definition) is 1. The van der Waals surface area contributed by atoms with Crippen LogP contribution in [-0.4, -0.2) is 0 Å². The maximum atomic E-state index is 3.34. The van der Waals surface area contributed by atoms with Gasteiger partial charge in [-0.3, -0.25) is 0 Å². The molecule has 0 fully saturated rings. The molecule has 1 aliphatic rings. The number of nitrogens with one attached hydrogen (secondary N) is 1. The summed E-state index contributed by atoms with van der Waals surface area (Å²) in [6.45, 7) is 0. The molecule has 0 aliphatic carbocycles. The highest BCUT2D eigenvalue weighted by Crippen LogP contribution is 2.34. The van der Waals surface area contributed by atoms with E-state index in [4.69, 9.17) is 0 Å². The Bertz CT molecular complexity index is 841. The van der Waals surface area contributed by atoms with E-state index in [1.165, 1.54) is 27.1 Å². The summed E-state index contributed by atoms with van der Waals surface area (Å²) >= 11 is 0. The van der Waals surface area contributed by atoms with Gasteiger partial charge in [0.25, 0.3) is 0 Å². The molecule has 0 amide bonds. The molecule has 1 nitrogen and oxygen atoms in total. The molecule has 0 bridgehead atoms. The van der Waals surface area contributed by atoms with Gasteiger partial charge >= 0.3 is 0 Å². The maximum absolute atomic E-state index is 3.34. The van der Waals surface area contributed by atoms with E-state index < -0.39 is 0 Å². The number of fused-ring (bicyclic) bond motifs is 5. The van der Waals surface area contributed by atoms with E-state index in [0.717, 1.165) is 5.69 Å². The summed E-state index contributed by atoms with van der Waals surface area (Å²) in [6, 6.07) is 17.3. The molecule has 0 saturated carbocycles. The Hall–Kier alpha value is -2.54. The van der Waals surface area contributed by atoms with Crippen LogP contribution in [0.4, 0.5) is 5.69 Å². The zero-order valence-corrected chi connectivity index (χ0v) is 10.4. The molecule has 3 aromatic carbocycles. The molecule has 1 heteroatoms. The summed E-state index contributed by atoms with van der Waals surface area (Å²) in [4.78, 5) is 0. The van der Waals surface area contributed by atoms with Crippen LogP contribution in [0.15, 0.2) is 66.9 Å². The van der Waals surface area contributed by atoms with Crippen LogP contribution in [0.1, 0.15) is 5.56 Å². The van der Waals surface area contributed by atoms with Crippen LogP contribution in [0.25, 0.3) is 27.6 Å². The largest absolute Gasteiger partial charge is 0.361 e. The van der Waals surface area contributed by atoms with Gasteiger partial charge in [-0.15, -0.1) is 0 Å². The van der Waals surface area contributed by atoms with Gasteiger partial charge in [-0.2, -0.15) is 0 Å². The lowest BCUT2D eigenvalue weighted by Gasteiger charge is -2.11. The second-order valence-corrected chi connectivity index (χ2v) is 4.77. The Labute approximate surface area is 111 Å². The first kappa shape index (κ1) is 10.4. The number of anilines is 1. The van der Waals surface area contributed by atoms with E-state index in [1.54, 1.807) is 0 Å². The number of benzene rings is 3. The molecular formula is C18H13N. The standard InChI is InChI=1S/C18H13N/c1-2-6-15-13(5-1)8-9-14-10-11-17-16(18(14)15)7-3-4-12-19-17/h1-12,19H. The van der Waals surface area contributed by atoms with Crippen molar-refractivity contribution < 1.29 is 0 Å². The average Bonchev–Trinajstić information content (AvgIpc) is 2.72. The zero-order chi connectivity index (χ0) is 12.7. The molecule has 1 aliphatic heterocycles. The van der Waals surface area contributed by atoms with Crippen molar-refractivity contribution in [3.63, 3.8) is 0 Å². The molecule has 1 N–H and O–H groups in total. The van der Waals surface area contributed by atoms with Gasteiger partial charge in [0.2, 0.25) is 0 Å². The lowest BCUT2D eigenvalue weighted by molar-refractivity contribution is 1.61. The molecule has 1 heterocycles. The highest BCUT2D eigenvalue weighted by molar-refractivity contribution is 6.13. The number of allylic oxidation sites excluding steroid dienone is 2. The van der Waals surface area contributed by atoms with Gasteiger partial charge in [0.1, 0.15) is 0 Å². The van der Waals surface area contributed by atoms with Crippen LogP contribution in [0.2, 0.25) is 0 Å². The van der Waals surface area contributed by atoms with Gasteiger partial charge in [-0.1, -0.05) is 54.6 Å². The third-order valence-electron chi connectivity index (χ3n) is 3.66. The summed E-state index contributed by atoms with van der Waals surface area (Å²) in [5, 5.41) is 8.54. The van der Waals surface area contributed by atoms with Crippen molar-refractivity contribution in [2.24, 2.45) is 0 Å². The van der Waals surface area contributed by atoms with Crippen molar-refractivity contribution in [2.45, 2.75) is 0 Å². The van der Waals surface area contributed by atoms with E-state index in [9.17, 15) is 0 Å². The molecule has 4 rings (SSSR count). The zero-order valence-electron chi connectivity index (χ0n) is 10.4. The molecule has 3 aromatic rings. The Morgan fingerprint density at radius 1 is 0.737 bits per heavy atom. The smallest absolute Gasteiger partial charge is 0.0460 e. The Morgan fingerprint density at radius 2 is 1.58 bits per heavy atom. The van der Waals surface area contributed by atoms with Crippen molar-refractivity contribution in [2.75, 3.05) is 5.32 Å². The predicted molar refractivity (Wildman–Crippen MR) is 83.3 cm³/mol. The van der Waals surface area contributed by atoms with Crippen LogP contribution >= 0.6 is 0 Å². The SMILES string of the molecule is C1=CNc2ccc3ccc4ccccc4c3c2C=C1. The van der Waals surface area contributed by atoms with Gasteiger partial charge in [-0.05, 0) is 33.7 Å². The quantitative estimate of drug-likeness (QED) is 0.551. The summed E-state index contributed by atoms with van der Waals surface area (Å²) in [5.74, 6) is 0. The molecule has 0 saturated heterocycles. The Kier molecular flexibility index (Phi) is 2.18. The lowest BCUT2D eigenvalue weighted by Crippen LogP contribution is -1.91. The molecular weight excluding hydrogens is 230 g/mol. The minimum absolute atomic E-state index is 1.16. The van der Waals surface area contributed by atoms with Gasteiger partial charge < -0.3 is 5.32 Å². The van der Waals surface area contributed by atoms with Gasteiger partial charge in [-0.25, -0.2) is 0 Å². The Morgan fingerprint density at radius 3 is 2.58 bits per heavy atom. The summed E-state index contributed by atoms with van der Waals surface area (Å²) in [6.07, 6.45) is 8.26. The second kappa shape index (κ2) is 3.99. The predicted octanol–water partition coefficient (Wildman–Crippen LogP) is 4.95. The van der Waals surface area contributed by atoms with Crippen LogP contribution in [0.5, 0.6) is 0 Å². The minimum Gasteiger partial charge on any atom is -0.361 e. The van der Waals surface area contributed by atoms with E-state index in [0.29, 0.717) is 0 Å². The normalized spacial score (nSPS) is 13.3. The van der Waals surface area contributed by atoms with Gasteiger partial charge in [0.05, 0.1) is 0 Å². The summed E-state index contributed by atoms with van der Waals surface area (Å²) < 4.78 is 0. The summed E-state index contributed by atoms with van der Waals surface area (Å²) in [5.41, 5.74) is 2.42. The monoisotopic (exact) mass is 243 g/mol. The molecule has 0 unspecified atom stereocenters. The fourth-order valence-corrected chi connectivity index (χ4v) is 2.77. The second-order valence-electron chi connectivity index (χ2n) is 4.77. The molecule has 19 heavy (non-hydrogen) atoms. The third kappa shape index (κ3) is 1.55. The Balaban J connectivity index is 2.23. The average molecular weight is 243 g/mol. The van der Waals surface area contributed by atoms with Crippen LogP contribution in [0.3, 0.4) is 0 Å². The van der Waals surface area contributed by atoms with Crippen LogP contribution in [0, 0.1) is 0 Å². The third-order valence-corrected chi connectivity index (χ3v) is 3.66. The maximum Gasteiger partial charge on any atom is 0.0460 e. The highest BCUT2D eigenvalue weighted by Gasteiger charge is 2.08. The first-order chi connectivity index (χ1) is 9.43. The summed E-state index contributed by atoms with van der Waals surface area (Å²) in [7, 11) is 0. The first-order valence-corrected chi connectivity index (χ1v) is 6.48. The fourth-order valence-electron chi connectivity index (χ4n) is 2.77. The van der Waals surface area contributed by atoms with Crippen LogP contribution in [-0.2, 0) is 0 Å². The van der Waals surface area contributed by atoms with Crippen molar-refractivity contribution in [1.82, 2.24) is 0 Å².